The molecule has 0 atom stereocenters. The van der Waals surface area contributed by atoms with Gasteiger partial charge in [0.2, 0.25) is 0 Å². The summed E-state index contributed by atoms with van der Waals surface area (Å²) in [7, 11) is 0. The van der Waals surface area contributed by atoms with Crippen molar-refractivity contribution in [2.24, 2.45) is 0 Å². The molecule has 0 aliphatic carbocycles. The highest BCUT2D eigenvalue weighted by atomic mass is 16.5. The van der Waals surface area contributed by atoms with Gasteiger partial charge in [-0.15, -0.1) is 6.42 Å². The van der Waals surface area contributed by atoms with Gasteiger partial charge in [-0.2, -0.15) is 0 Å². The zero-order valence-corrected chi connectivity index (χ0v) is 8.42. The summed E-state index contributed by atoms with van der Waals surface area (Å²) in [6.07, 6.45) is 5.14. The van der Waals surface area contributed by atoms with Crippen molar-refractivity contribution in [2.75, 3.05) is 13.2 Å². The van der Waals surface area contributed by atoms with Crippen LogP contribution in [0.15, 0.2) is 24.3 Å². The molecule has 74 valence electrons. The van der Waals surface area contributed by atoms with Gasteiger partial charge in [0.15, 0.2) is 0 Å². The van der Waals surface area contributed by atoms with E-state index >= 15 is 0 Å². The van der Waals surface area contributed by atoms with Crippen LogP contribution in [0.3, 0.4) is 0 Å². The monoisotopic (exact) mass is 189 g/mol. The molecule has 0 aromatic heterocycles. The van der Waals surface area contributed by atoms with Gasteiger partial charge in [0, 0.05) is 12.1 Å². The molecule has 0 aliphatic heterocycles. The van der Waals surface area contributed by atoms with E-state index in [4.69, 9.17) is 11.2 Å². The van der Waals surface area contributed by atoms with Gasteiger partial charge >= 0.3 is 0 Å². The van der Waals surface area contributed by atoms with E-state index in [1.165, 1.54) is 0 Å². The first-order valence-electron chi connectivity index (χ1n) is 4.73. The van der Waals surface area contributed by atoms with Gasteiger partial charge in [-0.25, -0.2) is 0 Å². The number of rotatable bonds is 5. The molecule has 1 N–H and O–H groups in total. The fourth-order valence-electron chi connectivity index (χ4n) is 1.17. The summed E-state index contributed by atoms with van der Waals surface area (Å²) >= 11 is 0. The quantitative estimate of drug-likeness (QED) is 0.713. The third kappa shape index (κ3) is 3.12. The van der Waals surface area contributed by atoms with Crippen LogP contribution in [0.5, 0.6) is 5.75 Å². The minimum absolute atomic E-state index is 0.323. The predicted octanol–water partition coefficient (Wildman–Crippen LogP) is 1.81. The van der Waals surface area contributed by atoms with E-state index in [0.29, 0.717) is 6.61 Å². The Morgan fingerprint density at radius 1 is 1.43 bits per heavy atom. The van der Waals surface area contributed by atoms with Crippen molar-refractivity contribution >= 4 is 0 Å². The van der Waals surface area contributed by atoms with Crippen LogP contribution in [0.1, 0.15) is 12.5 Å². The molecule has 0 bridgehead atoms. The van der Waals surface area contributed by atoms with Gasteiger partial charge in [0.1, 0.15) is 12.4 Å². The van der Waals surface area contributed by atoms with E-state index in [1.54, 1.807) is 0 Å². The predicted molar refractivity (Wildman–Crippen MR) is 58.2 cm³/mol. The summed E-state index contributed by atoms with van der Waals surface area (Å²) in [5.74, 6) is 3.32. The number of hydrogen-bond donors (Lipinski definition) is 1. The van der Waals surface area contributed by atoms with Gasteiger partial charge in [-0.3, -0.25) is 0 Å². The summed E-state index contributed by atoms with van der Waals surface area (Å²) in [6.45, 7) is 4.16. The van der Waals surface area contributed by atoms with Crippen molar-refractivity contribution in [3.63, 3.8) is 0 Å². The molecule has 1 aromatic rings. The summed E-state index contributed by atoms with van der Waals surface area (Å²) < 4.78 is 5.41. The molecule has 2 nitrogen and oxygen atoms in total. The first kappa shape index (κ1) is 10.6. The zero-order chi connectivity index (χ0) is 10.2. The van der Waals surface area contributed by atoms with Crippen LogP contribution in [0, 0.1) is 12.3 Å². The van der Waals surface area contributed by atoms with E-state index in [1.807, 2.05) is 24.3 Å². The highest BCUT2D eigenvalue weighted by Gasteiger charge is 2.00. The molecular formula is C12H15NO. The SMILES string of the molecule is C#CCOc1ccccc1CNCC. The lowest BCUT2D eigenvalue weighted by Gasteiger charge is -2.09. The fraction of sp³-hybridized carbons (Fsp3) is 0.333. The normalized spacial score (nSPS) is 9.43. The van der Waals surface area contributed by atoms with Gasteiger partial charge < -0.3 is 10.1 Å². The number of para-hydroxylation sites is 1. The third-order valence-electron chi connectivity index (χ3n) is 1.85. The average Bonchev–Trinajstić information content (AvgIpc) is 2.24. The second-order valence-electron chi connectivity index (χ2n) is 2.88. The van der Waals surface area contributed by atoms with Crippen molar-refractivity contribution < 1.29 is 4.74 Å². The van der Waals surface area contributed by atoms with Gasteiger partial charge in [0.25, 0.3) is 0 Å². The standard InChI is InChI=1S/C12H15NO/c1-3-9-14-12-8-6-5-7-11(12)10-13-4-2/h1,5-8,13H,4,9-10H2,2H3. The maximum absolute atomic E-state index is 5.41. The van der Waals surface area contributed by atoms with Crippen molar-refractivity contribution in [1.29, 1.82) is 0 Å². The smallest absolute Gasteiger partial charge is 0.148 e. The Kier molecular flexibility index (Phi) is 4.60. The molecule has 0 saturated heterocycles. The summed E-state index contributed by atoms with van der Waals surface area (Å²) in [4.78, 5) is 0. The Hall–Kier alpha value is -1.46. The summed E-state index contributed by atoms with van der Waals surface area (Å²) in [5, 5.41) is 3.25. The maximum atomic E-state index is 5.41. The molecule has 0 amide bonds. The Labute approximate surface area is 85.3 Å². The van der Waals surface area contributed by atoms with E-state index < -0.39 is 0 Å². The lowest BCUT2D eigenvalue weighted by molar-refractivity contribution is 0.365. The minimum Gasteiger partial charge on any atom is -0.481 e. The van der Waals surface area contributed by atoms with E-state index in [-0.39, 0.29) is 0 Å². The van der Waals surface area contributed by atoms with E-state index in [0.717, 1.165) is 24.4 Å². The maximum Gasteiger partial charge on any atom is 0.148 e. The summed E-state index contributed by atoms with van der Waals surface area (Å²) in [5.41, 5.74) is 1.14. The van der Waals surface area contributed by atoms with Crippen molar-refractivity contribution in [3.05, 3.63) is 29.8 Å². The van der Waals surface area contributed by atoms with Crippen LogP contribution in [-0.2, 0) is 6.54 Å². The van der Waals surface area contributed by atoms with Crippen LogP contribution in [0.25, 0.3) is 0 Å². The molecule has 14 heavy (non-hydrogen) atoms. The molecule has 0 fully saturated rings. The highest BCUT2D eigenvalue weighted by molar-refractivity contribution is 5.33. The van der Waals surface area contributed by atoms with E-state index in [9.17, 15) is 0 Å². The number of terminal acetylenes is 1. The Balaban J connectivity index is 2.65. The van der Waals surface area contributed by atoms with Crippen molar-refractivity contribution in [2.45, 2.75) is 13.5 Å². The van der Waals surface area contributed by atoms with Crippen molar-refractivity contribution in [3.8, 4) is 18.1 Å². The Bertz CT molecular complexity index is 314. The molecule has 1 aromatic carbocycles. The molecule has 0 aliphatic rings. The summed E-state index contributed by atoms with van der Waals surface area (Å²) in [6, 6.07) is 7.91. The molecular weight excluding hydrogens is 174 g/mol. The number of nitrogens with one attached hydrogen (secondary N) is 1. The Morgan fingerprint density at radius 2 is 2.21 bits per heavy atom. The first-order valence-corrected chi connectivity index (χ1v) is 4.73. The second kappa shape index (κ2) is 6.06. The first-order chi connectivity index (χ1) is 6.88. The van der Waals surface area contributed by atoms with Crippen LogP contribution >= 0.6 is 0 Å². The highest BCUT2D eigenvalue weighted by Crippen LogP contribution is 2.17. The molecule has 0 unspecified atom stereocenters. The number of hydrogen-bond acceptors (Lipinski definition) is 2. The fourth-order valence-corrected chi connectivity index (χ4v) is 1.17. The number of benzene rings is 1. The topological polar surface area (TPSA) is 21.3 Å². The van der Waals surface area contributed by atoms with Crippen LogP contribution in [0.2, 0.25) is 0 Å². The molecule has 0 heterocycles. The third-order valence-corrected chi connectivity index (χ3v) is 1.85. The van der Waals surface area contributed by atoms with Gasteiger partial charge in [0.05, 0.1) is 0 Å². The van der Waals surface area contributed by atoms with Crippen LogP contribution < -0.4 is 10.1 Å². The van der Waals surface area contributed by atoms with Gasteiger partial charge in [-0.05, 0) is 12.6 Å². The largest absolute Gasteiger partial charge is 0.481 e. The minimum atomic E-state index is 0.323. The molecule has 0 spiro atoms. The lowest BCUT2D eigenvalue weighted by atomic mass is 10.2. The van der Waals surface area contributed by atoms with Crippen LogP contribution in [0.4, 0.5) is 0 Å². The second-order valence-corrected chi connectivity index (χ2v) is 2.88. The number of ether oxygens (including phenoxy) is 1. The van der Waals surface area contributed by atoms with Crippen molar-refractivity contribution in [1.82, 2.24) is 5.32 Å². The molecule has 2 heteroatoms. The van der Waals surface area contributed by atoms with Crippen LogP contribution in [-0.4, -0.2) is 13.2 Å². The molecule has 0 radical (unpaired) electrons. The Morgan fingerprint density at radius 3 is 2.93 bits per heavy atom. The molecule has 0 saturated carbocycles. The molecule has 1 rings (SSSR count). The average molecular weight is 189 g/mol. The van der Waals surface area contributed by atoms with E-state index in [2.05, 4.69) is 18.2 Å². The zero-order valence-electron chi connectivity index (χ0n) is 8.42. The lowest BCUT2D eigenvalue weighted by Crippen LogP contribution is -2.12. The van der Waals surface area contributed by atoms with Gasteiger partial charge in [-0.1, -0.05) is 31.0 Å².